The molecule has 0 spiro atoms. The van der Waals surface area contributed by atoms with E-state index in [0.29, 0.717) is 12.8 Å². The first kappa shape index (κ1) is 23.6. The van der Waals surface area contributed by atoms with E-state index in [1.54, 1.807) is 0 Å². The summed E-state index contributed by atoms with van der Waals surface area (Å²) in [7, 11) is 0. The molecule has 0 radical (unpaired) electrons. The Morgan fingerprint density at radius 3 is 2.06 bits per heavy atom. The molecule has 0 bridgehead atoms. The van der Waals surface area contributed by atoms with Crippen molar-refractivity contribution in [1.29, 1.82) is 0 Å². The lowest BCUT2D eigenvalue weighted by Gasteiger charge is -2.16. The second kappa shape index (κ2) is 9.50. The van der Waals surface area contributed by atoms with Crippen LogP contribution in [0.4, 0.5) is 4.79 Å². The number of amides is 1. The number of hydrogen-bond acceptors (Lipinski definition) is 3. The van der Waals surface area contributed by atoms with Crippen molar-refractivity contribution in [1.82, 2.24) is 5.32 Å². The van der Waals surface area contributed by atoms with Gasteiger partial charge in [0.15, 0.2) is 0 Å². The van der Waals surface area contributed by atoms with Crippen LogP contribution in [0.2, 0.25) is 0 Å². The molecule has 1 unspecified atom stereocenters. The van der Waals surface area contributed by atoms with Crippen molar-refractivity contribution < 1.29 is 19.4 Å². The number of carboxylic acid groups (broad SMARTS) is 1. The predicted octanol–water partition coefficient (Wildman–Crippen LogP) is 7.02. The maximum atomic E-state index is 12.7. The third kappa shape index (κ3) is 4.57. The molecule has 0 heterocycles. The molecule has 5 nitrogen and oxygen atoms in total. The first-order valence-electron chi connectivity index (χ1n) is 12.2. The Morgan fingerprint density at radius 2 is 1.47 bits per heavy atom. The fourth-order valence-electron chi connectivity index (χ4n) is 4.81. The maximum Gasteiger partial charge on any atom is 0.412 e. The molecule has 36 heavy (non-hydrogen) atoms. The van der Waals surface area contributed by atoms with Crippen molar-refractivity contribution in [2.24, 2.45) is 0 Å². The van der Waals surface area contributed by atoms with Crippen LogP contribution >= 0.6 is 0 Å². The van der Waals surface area contributed by atoms with Crippen LogP contribution in [-0.2, 0) is 14.9 Å². The molecule has 2 aliphatic rings. The van der Waals surface area contributed by atoms with Crippen LogP contribution in [0.15, 0.2) is 96.2 Å². The van der Waals surface area contributed by atoms with Crippen molar-refractivity contribution >= 4 is 17.6 Å². The summed E-state index contributed by atoms with van der Waals surface area (Å²) in [5.41, 5.74) is 7.12. The van der Waals surface area contributed by atoms with E-state index >= 15 is 0 Å². The second-order valence-electron chi connectivity index (χ2n) is 9.57. The minimum atomic E-state index is -0.740. The molecule has 3 aromatic carbocycles. The number of rotatable bonds is 7. The van der Waals surface area contributed by atoms with Gasteiger partial charge in [0, 0.05) is 0 Å². The van der Waals surface area contributed by atoms with Gasteiger partial charge in [-0.2, -0.15) is 0 Å². The average Bonchev–Trinajstić information content (AvgIpc) is 3.64. The van der Waals surface area contributed by atoms with E-state index < -0.39 is 17.5 Å². The third-order valence-electron chi connectivity index (χ3n) is 7.25. The highest BCUT2D eigenvalue weighted by Crippen LogP contribution is 2.48. The van der Waals surface area contributed by atoms with Crippen molar-refractivity contribution in [2.45, 2.75) is 44.6 Å². The number of nitrogens with one attached hydrogen (secondary N) is 1. The first-order valence-corrected chi connectivity index (χ1v) is 12.2. The number of carbonyl (C=O) groups is 2. The minimum absolute atomic E-state index is 0.350. The average molecular weight is 480 g/mol. The summed E-state index contributed by atoms with van der Waals surface area (Å²) in [4.78, 5) is 24.3. The van der Waals surface area contributed by atoms with Gasteiger partial charge in [-0.05, 0) is 72.1 Å². The van der Waals surface area contributed by atoms with E-state index in [1.807, 2.05) is 68.4 Å². The standard InChI is InChI=1S/C31H29NO4/c1-20-8-17-27(28(20)32-30(35)36-21(2)22-6-4-3-5-7-22)25-11-9-23(10-12-25)24-13-15-26(16-14-24)31(18-19-31)29(33)34/h3-16,21H,17-19H2,1-2H3,(H,32,35)(H,33,34). The number of ether oxygens (including phenoxy) is 1. The number of carboxylic acids is 1. The van der Waals surface area contributed by atoms with Crippen LogP contribution in [0, 0.1) is 0 Å². The van der Waals surface area contributed by atoms with Gasteiger partial charge in [-0.1, -0.05) is 84.9 Å². The molecule has 0 saturated heterocycles. The maximum absolute atomic E-state index is 12.7. The molecule has 0 aromatic heterocycles. The summed E-state index contributed by atoms with van der Waals surface area (Å²) in [5, 5.41) is 12.5. The topological polar surface area (TPSA) is 75.6 Å². The normalized spacial score (nSPS) is 16.8. The van der Waals surface area contributed by atoms with Gasteiger partial charge in [0.25, 0.3) is 0 Å². The Hall–Kier alpha value is -4.12. The lowest BCUT2D eigenvalue weighted by Crippen LogP contribution is -2.25. The molecule has 5 rings (SSSR count). The summed E-state index contributed by atoms with van der Waals surface area (Å²) in [5.74, 6) is -0.740. The zero-order valence-corrected chi connectivity index (χ0v) is 20.5. The number of allylic oxidation sites excluding steroid dienone is 3. The Morgan fingerprint density at radius 1 is 0.889 bits per heavy atom. The number of carbonyl (C=O) groups excluding carboxylic acids is 1. The first-order chi connectivity index (χ1) is 17.4. The molecular formula is C31H29NO4. The molecule has 1 saturated carbocycles. The fraction of sp³-hybridized carbons (Fsp3) is 0.226. The zero-order chi connectivity index (χ0) is 25.3. The van der Waals surface area contributed by atoms with Gasteiger partial charge in [-0.3, -0.25) is 10.1 Å². The van der Waals surface area contributed by atoms with Crippen LogP contribution < -0.4 is 5.32 Å². The predicted molar refractivity (Wildman–Crippen MR) is 140 cm³/mol. The van der Waals surface area contributed by atoms with Crippen LogP contribution in [0.25, 0.3) is 16.7 Å². The van der Waals surface area contributed by atoms with Crippen molar-refractivity contribution in [2.75, 3.05) is 0 Å². The van der Waals surface area contributed by atoms with Gasteiger partial charge in [0.05, 0.1) is 11.1 Å². The van der Waals surface area contributed by atoms with Gasteiger partial charge >= 0.3 is 12.1 Å². The number of aliphatic carboxylic acids is 1. The molecular weight excluding hydrogens is 450 g/mol. The van der Waals surface area contributed by atoms with Crippen molar-refractivity contribution in [3.8, 4) is 11.1 Å². The molecule has 5 heteroatoms. The number of alkyl carbamates (subject to hydrolysis) is 1. The van der Waals surface area contributed by atoms with Crippen molar-refractivity contribution in [3.63, 3.8) is 0 Å². The van der Waals surface area contributed by atoms with Gasteiger partial charge in [-0.15, -0.1) is 0 Å². The van der Waals surface area contributed by atoms with Crippen LogP contribution in [0.1, 0.15) is 55.9 Å². The molecule has 3 aromatic rings. The molecule has 182 valence electrons. The van der Waals surface area contributed by atoms with E-state index in [-0.39, 0.29) is 6.10 Å². The summed E-state index contributed by atoms with van der Waals surface area (Å²) >= 11 is 0. The largest absolute Gasteiger partial charge is 0.481 e. The van der Waals surface area contributed by atoms with Crippen LogP contribution in [-0.4, -0.2) is 17.2 Å². The number of hydrogen-bond donors (Lipinski definition) is 2. The van der Waals surface area contributed by atoms with E-state index in [4.69, 9.17) is 4.74 Å². The second-order valence-corrected chi connectivity index (χ2v) is 9.57. The molecule has 1 amide bonds. The molecule has 2 aliphatic carbocycles. The van der Waals surface area contributed by atoms with Crippen LogP contribution in [0.3, 0.4) is 0 Å². The Bertz CT molecular complexity index is 1350. The number of benzene rings is 3. The zero-order valence-electron chi connectivity index (χ0n) is 20.5. The lowest BCUT2D eigenvalue weighted by atomic mass is 9.93. The monoisotopic (exact) mass is 479 g/mol. The Balaban J connectivity index is 1.30. The quantitative estimate of drug-likeness (QED) is 0.382. The minimum Gasteiger partial charge on any atom is -0.481 e. The molecule has 0 aliphatic heterocycles. The highest BCUT2D eigenvalue weighted by molar-refractivity contribution is 5.85. The van der Waals surface area contributed by atoms with Crippen molar-refractivity contribution in [3.05, 3.63) is 113 Å². The van der Waals surface area contributed by atoms with Gasteiger partial charge < -0.3 is 9.84 Å². The third-order valence-corrected chi connectivity index (χ3v) is 7.25. The Labute approximate surface area is 211 Å². The van der Waals surface area contributed by atoms with E-state index in [9.17, 15) is 14.7 Å². The fourth-order valence-corrected chi connectivity index (χ4v) is 4.81. The SMILES string of the molecule is CC1=CCC(c2ccc(-c3ccc(C4(C(=O)O)CC4)cc3)cc2)=C1NC(=O)OC(C)c1ccccc1. The molecule has 2 N–H and O–H groups in total. The lowest BCUT2D eigenvalue weighted by molar-refractivity contribution is -0.140. The Kier molecular flexibility index (Phi) is 6.23. The summed E-state index contributed by atoms with van der Waals surface area (Å²) in [6.45, 7) is 3.85. The summed E-state index contributed by atoms with van der Waals surface area (Å²) in [6, 6.07) is 25.7. The van der Waals surface area contributed by atoms with E-state index in [2.05, 4.69) is 35.7 Å². The molecule has 1 atom stereocenters. The smallest absolute Gasteiger partial charge is 0.412 e. The van der Waals surface area contributed by atoms with E-state index in [0.717, 1.165) is 51.1 Å². The highest BCUT2D eigenvalue weighted by atomic mass is 16.6. The highest BCUT2D eigenvalue weighted by Gasteiger charge is 2.51. The molecule has 1 fully saturated rings. The van der Waals surface area contributed by atoms with E-state index in [1.165, 1.54) is 0 Å². The summed E-state index contributed by atoms with van der Waals surface area (Å²) < 4.78 is 5.61. The van der Waals surface area contributed by atoms with Gasteiger partial charge in [-0.25, -0.2) is 4.79 Å². The van der Waals surface area contributed by atoms with Gasteiger partial charge in [0.1, 0.15) is 6.10 Å². The summed E-state index contributed by atoms with van der Waals surface area (Å²) in [6.07, 6.45) is 3.43. The van der Waals surface area contributed by atoms with Gasteiger partial charge in [0.2, 0.25) is 0 Å². The van der Waals surface area contributed by atoms with Crippen LogP contribution in [0.5, 0.6) is 0 Å².